The Morgan fingerprint density at radius 3 is 2.42 bits per heavy atom. The van der Waals surface area contributed by atoms with Crippen LogP contribution in [0.25, 0.3) is 0 Å². The number of rotatable bonds is 4. The van der Waals surface area contributed by atoms with Gasteiger partial charge in [0.25, 0.3) is 5.91 Å². The van der Waals surface area contributed by atoms with Crippen LogP contribution in [-0.4, -0.2) is 60.5 Å². The summed E-state index contributed by atoms with van der Waals surface area (Å²) in [6.07, 6.45) is 0. The van der Waals surface area contributed by atoms with E-state index in [9.17, 15) is 18.0 Å². The van der Waals surface area contributed by atoms with E-state index < -0.39 is 10.0 Å². The van der Waals surface area contributed by atoms with Gasteiger partial charge in [0.1, 0.15) is 5.69 Å². The minimum atomic E-state index is -3.70. The number of hydrogen-bond donors (Lipinski definition) is 0. The number of carbonyl (C=O) groups excluding carboxylic acids is 2. The van der Waals surface area contributed by atoms with Crippen LogP contribution in [-0.2, 0) is 10.0 Å². The Kier molecular flexibility index (Phi) is 5.22. The summed E-state index contributed by atoms with van der Waals surface area (Å²) in [7, 11) is -3.70. The van der Waals surface area contributed by atoms with Gasteiger partial charge in [-0.15, -0.1) is 11.3 Å². The number of carbonyl (C=O) groups is 2. The van der Waals surface area contributed by atoms with Crippen molar-refractivity contribution in [2.24, 2.45) is 0 Å². The summed E-state index contributed by atoms with van der Waals surface area (Å²) in [4.78, 5) is 29.8. The molecule has 0 aliphatic carbocycles. The zero-order chi connectivity index (χ0) is 18.9. The fraction of sp³-hybridized carbons (Fsp3) is 0.353. The fourth-order valence-electron chi connectivity index (χ4n) is 2.78. The molecular weight excluding hydrogens is 374 g/mol. The molecule has 0 spiro atoms. The van der Waals surface area contributed by atoms with Crippen LogP contribution < -0.4 is 0 Å². The quantitative estimate of drug-likeness (QED) is 0.739. The average molecular weight is 393 g/mol. The lowest BCUT2D eigenvalue weighted by Crippen LogP contribution is -2.50. The van der Waals surface area contributed by atoms with Crippen molar-refractivity contribution in [1.82, 2.24) is 14.2 Å². The largest absolute Gasteiger partial charge is 0.335 e. The fourth-order valence-corrected chi connectivity index (χ4v) is 4.84. The zero-order valence-corrected chi connectivity index (χ0v) is 16.1. The number of Topliss-reactive ketones (excluding diaryl/α,β-unsaturated/α-hetero) is 1. The molecule has 9 heteroatoms. The third-order valence-corrected chi connectivity index (χ3v) is 6.91. The van der Waals surface area contributed by atoms with E-state index >= 15 is 0 Å². The maximum atomic E-state index is 12.8. The number of nitrogens with zero attached hydrogens (tertiary/aromatic N) is 3. The van der Waals surface area contributed by atoms with E-state index in [-0.39, 0.29) is 29.7 Å². The normalized spacial score (nSPS) is 15.8. The third kappa shape index (κ3) is 3.69. The summed E-state index contributed by atoms with van der Waals surface area (Å²) < 4.78 is 27.0. The summed E-state index contributed by atoms with van der Waals surface area (Å²) in [6, 6.07) is 6.03. The van der Waals surface area contributed by atoms with Crippen LogP contribution in [0.3, 0.4) is 0 Å². The highest BCUT2D eigenvalue weighted by Crippen LogP contribution is 2.20. The lowest BCUT2D eigenvalue weighted by atomic mass is 10.2. The summed E-state index contributed by atoms with van der Waals surface area (Å²) in [5.41, 5.74) is 0.761. The predicted molar refractivity (Wildman–Crippen MR) is 98.0 cm³/mol. The molecule has 1 amide bonds. The molecule has 0 radical (unpaired) electrons. The van der Waals surface area contributed by atoms with E-state index in [1.165, 1.54) is 34.7 Å². The Hall–Kier alpha value is -2.10. The molecule has 1 aromatic carbocycles. The van der Waals surface area contributed by atoms with Gasteiger partial charge in [-0.05, 0) is 26.0 Å². The van der Waals surface area contributed by atoms with Crippen LogP contribution in [0, 0.1) is 6.92 Å². The molecule has 0 saturated carbocycles. The van der Waals surface area contributed by atoms with Gasteiger partial charge in [0, 0.05) is 37.1 Å². The van der Waals surface area contributed by atoms with Crippen LogP contribution >= 0.6 is 11.3 Å². The van der Waals surface area contributed by atoms with Gasteiger partial charge in [-0.2, -0.15) is 4.31 Å². The summed E-state index contributed by atoms with van der Waals surface area (Å²) in [5, 5.41) is 2.54. The van der Waals surface area contributed by atoms with Crippen molar-refractivity contribution in [1.29, 1.82) is 0 Å². The monoisotopic (exact) mass is 393 g/mol. The first-order valence-electron chi connectivity index (χ1n) is 8.11. The number of aryl methyl sites for hydroxylation is 1. The molecule has 0 bridgehead atoms. The molecule has 0 N–H and O–H groups in total. The van der Waals surface area contributed by atoms with Gasteiger partial charge in [-0.25, -0.2) is 13.4 Å². The minimum Gasteiger partial charge on any atom is -0.335 e. The number of benzene rings is 1. The SMILES string of the molecule is CC(=O)c1cccc(S(=O)(=O)N2CCN(C(=O)c3csc(C)n3)CC2)c1. The summed E-state index contributed by atoms with van der Waals surface area (Å²) in [5.74, 6) is -0.360. The van der Waals surface area contributed by atoms with Gasteiger partial charge in [0.2, 0.25) is 10.0 Å². The molecule has 138 valence electrons. The predicted octanol–water partition coefficient (Wildman–Crippen LogP) is 1.80. The number of hydrogen-bond acceptors (Lipinski definition) is 6. The molecule has 1 fully saturated rings. The number of ketones is 1. The van der Waals surface area contributed by atoms with E-state index in [1.54, 1.807) is 22.4 Å². The van der Waals surface area contributed by atoms with Gasteiger partial charge in [0.05, 0.1) is 9.90 Å². The standard InChI is InChI=1S/C17H19N3O4S2/c1-12(21)14-4-3-5-15(10-14)26(23,24)20-8-6-19(7-9-20)17(22)16-11-25-13(2)18-16/h3-5,10-11H,6-9H2,1-2H3. The second-order valence-corrected chi connectivity index (χ2v) is 9.03. The number of sulfonamides is 1. The maximum Gasteiger partial charge on any atom is 0.273 e. The number of amides is 1. The first-order valence-corrected chi connectivity index (χ1v) is 10.4. The minimum absolute atomic E-state index is 0.0973. The third-order valence-electron chi connectivity index (χ3n) is 4.24. The highest BCUT2D eigenvalue weighted by atomic mass is 32.2. The highest BCUT2D eigenvalue weighted by Gasteiger charge is 2.31. The molecule has 26 heavy (non-hydrogen) atoms. The Morgan fingerprint density at radius 2 is 1.85 bits per heavy atom. The highest BCUT2D eigenvalue weighted by molar-refractivity contribution is 7.89. The molecule has 7 nitrogen and oxygen atoms in total. The number of piperazine rings is 1. The molecule has 0 atom stereocenters. The van der Waals surface area contributed by atoms with Crippen molar-refractivity contribution in [3.63, 3.8) is 0 Å². The van der Waals surface area contributed by atoms with E-state index in [0.717, 1.165) is 5.01 Å². The molecular formula is C17H19N3O4S2. The van der Waals surface area contributed by atoms with Crippen molar-refractivity contribution in [2.75, 3.05) is 26.2 Å². The Balaban J connectivity index is 1.72. The van der Waals surface area contributed by atoms with Crippen molar-refractivity contribution in [3.8, 4) is 0 Å². The second-order valence-electron chi connectivity index (χ2n) is 6.03. The van der Waals surface area contributed by atoms with E-state index in [1.807, 2.05) is 6.92 Å². The molecule has 1 aliphatic rings. The molecule has 3 rings (SSSR count). The van der Waals surface area contributed by atoms with Crippen molar-refractivity contribution in [2.45, 2.75) is 18.7 Å². The van der Waals surface area contributed by atoms with Crippen LogP contribution in [0.2, 0.25) is 0 Å². The van der Waals surface area contributed by atoms with Gasteiger partial charge in [0.15, 0.2) is 5.78 Å². The first kappa shape index (κ1) is 18.7. The molecule has 2 aromatic rings. The summed E-state index contributed by atoms with van der Waals surface area (Å²) in [6.45, 7) is 4.27. The van der Waals surface area contributed by atoms with Crippen molar-refractivity contribution in [3.05, 3.63) is 45.9 Å². The van der Waals surface area contributed by atoms with Gasteiger partial charge >= 0.3 is 0 Å². The van der Waals surface area contributed by atoms with E-state index in [0.29, 0.717) is 24.3 Å². The molecule has 1 aliphatic heterocycles. The van der Waals surface area contributed by atoms with Crippen LogP contribution in [0.4, 0.5) is 0 Å². The number of aromatic nitrogens is 1. The Bertz CT molecular complexity index is 944. The van der Waals surface area contributed by atoms with E-state index in [2.05, 4.69) is 4.98 Å². The van der Waals surface area contributed by atoms with Crippen LogP contribution in [0.15, 0.2) is 34.5 Å². The van der Waals surface area contributed by atoms with Crippen molar-refractivity contribution < 1.29 is 18.0 Å². The lowest BCUT2D eigenvalue weighted by Gasteiger charge is -2.33. The Labute approximate surface area is 156 Å². The first-order chi connectivity index (χ1) is 12.3. The van der Waals surface area contributed by atoms with Gasteiger partial charge < -0.3 is 4.90 Å². The summed E-state index contributed by atoms with van der Waals surface area (Å²) >= 11 is 1.41. The molecule has 0 unspecified atom stereocenters. The average Bonchev–Trinajstić information content (AvgIpc) is 3.07. The number of thiazole rings is 1. The lowest BCUT2D eigenvalue weighted by molar-refractivity contribution is 0.0692. The smallest absolute Gasteiger partial charge is 0.273 e. The molecule has 1 aromatic heterocycles. The van der Waals surface area contributed by atoms with Crippen molar-refractivity contribution >= 4 is 33.1 Å². The topological polar surface area (TPSA) is 87.7 Å². The second kappa shape index (κ2) is 7.26. The van der Waals surface area contributed by atoms with Gasteiger partial charge in [-0.3, -0.25) is 9.59 Å². The maximum absolute atomic E-state index is 12.8. The van der Waals surface area contributed by atoms with Crippen LogP contribution in [0.5, 0.6) is 0 Å². The molecule has 2 heterocycles. The van der Waals surface area contributed by atoms with Gasteiger partial charge in [-0.1, -0.05) is 12.1 Å². The molecule has 1 saturated heterocycles. The van der Waals surface area contributed by atoms with E-state index in [4.69, 9.17) is 0 Å². The van der Waals surface area contributed by atoms with Crippen LogP contribution in [0.1, 0.15) is 32.8 Å². The Morgan fingerprint density at radius 1 is 1.15 bits per heavy atom. The zero-order valence-electron chi connectivity index (χ0n) is 14.5.